The van der Waals surface area contributed by atoms with Crippen LogP contribution < -0.4 is 10.1 Å². The molecule has 7 nitrogen and oxygen atoms in total. The van der Waals surface area contributed by atoms with Crippen LogP contribution in [-0.4, -0.2) is 25.2 Å². The number of nitrogens with one attached hydrogen (secondary N) is 1. The van der Waals surface area contributed by atoms with Crippen LogP contribution in [0.5, 0.6) is 5.75 Å². The van der Waals surface area contributed by atoms with E-state index in [0.717, 1.165) is 17.0 Å². The fraction of sp³-hybridized carbons (Fsp3) is 0.333. The van der Waals surface area contributed by atoms with Gasteiger partial charge in [-0.3, -0.25) is 10.1 Å². The van der Waals surface area contributed by atoms with Gasteiger partial charge in [-0.2, -0.15) is 0 Å². The van der Waals surface area contributed by atoms with Gasteiger partial charge >= 0.3 is 0 Å². The summed E-state index contributed by atoms with van der Waals surface area (Å²) in [5.74, 6) is 0.432. The van der Waals surface area contributed by atoms with Crippen LogP contribution in [-0.2, 0) is 9.05 Å². The lowest BCUT2D eigenvalue weighted by Crippen LogP contribution is -2.13. The number of benzene rings is 2. The fourth-order valence-corrected chi connectivity index (χ4v) is 3.99. The van der Waals surface area contributed by atoms with Gasteiger partial charge in [0.1, 0.15) is 11.5 Å². The second-order valence-electron chi connectivity index (χ2n) is 5.21. The molecule has 0 heterocycles. The average molecular weight is 378 g/mol. The maximum absolute atomic E-state index is 10.8. The summed E-state index contributed by atoms with van der Waals surface area (Å²) in [5.41, 5.74) is 1.68. The third-order valence-electron chi connectivity index (χ3n) is 3.54. The minimum Gasteiger partial charge on any atom is -0.496 e. The Balaban J connectivity index is 2.37. The molecule has 26 heavy (non-hydrogen) atoms. The average Bonchev–Trinajstić information content (AvgIpc) is 2.66. The van der Waals surface area contributed by atoms with Crippen LogP contribution >= 0.6 is 8.38 Å². The van der Waals surface area contributed by atoms with Crippen molar-refractivity contribution in [1.29, 1.82) is 0 Å². The number of nitrogens with zero attached hydrogens (tertiary/aromatic N) is 1. The van der Waals surface area contributed by atoms with Gasteiger partial charge < -0.3 is 19.1 Å². The van der Waals surface area contributed by atoms with Crippen molar-refractivity contribution in [3.8, 4) is 5.75 Å². The molecule has 0 aliphatic heterocycles. The molecule has 0 fully saturated rings. The van der Waals surface area contributed by atoms with Crippen LogP contribution in [0, 0.1) is 10.1 Å². The van der Waals surface area contributed by atoms with Crippen LogP contribution in [0.15, 0.2) is 48.5 Å². The first kappa shape index (κ1) is 20.1. The zero-order valence-corrected chi connectivity index (χ0v) is 15.9. The van der Waals surface area contributed by atoms with Crippen molar-refractivity contribution in [3.05, 3.63) is 64.2 Å². The highest BCUT2D eigenvalue weighted by molar-refractivity contribution is 7.47. The summed E-state index contributed by atoms with van der Waals surface area (Å²) in [4.78, 5) is 10.4. The summed E-state index contributed by atoms with van der Waals surface area (Å²) in [6.07, 6.45) is 0. The third-order valence-corrected chi connectivity index (χ3v) is 5.39. The van der Waals surface area contributed by atoms with E-state index in [0.29, 0.717) is 13.2 Å². The maximum Gasteiger partial charge on any atom is 0.269 e. The molecule has 0 amide bonds. The van der Waals surface area contributed by atoms with Gasteiger partial charge in [-0.25, -0.2) is 0 Å². The van der Waals surface area contributed by atoms with Gasteiger partial charge in [-0.15, -0.1) is 0 Å². The summed E-state index contributed by atoms with van der Waals surface area (Å²) >= 11 is 0. The quantitative estimate of drug-likeness (QED) is 0.352. The van der Waals surface area contributed by atoms with Gasteiger partial charge in [0, 0.05) is 23.4 Å². The SMILES string of the molecule is CCOP(OCC)C(Nc1ccc([N+](=O)[O-])cc1)c1ccccc1OC. The molecule has 2 aromatic carbocycles. The van der Waals surface area contributed by atoms with Crippen LogP contribution in [0.4, 0.5) is 11.4 Å². The van der Waals surface area contributed by atoms with Gasteiger partial charge in [0.15, 0.2) is 8.38 Å². The molecule has 0 bridgehead atoms. The minimum absolute atomic E-state index is 0.0428. The zero-order valence-electron chi connectivity index (χ0n) is 15.0. The first-order valence-corrected chi connectivity index (χ1v) is 9.54. The topological polar surface area (TPSA) is 82.9 Å². The Morgan fingerprint density at radius 2 is 1.69 bits per heavy atom. The number of nitro benzene ring substituents is 1. The van der Waals surface area contributed by atoms with E-state index >= 15 is 0 Å². The number of non-ortho nitro benzene ring substituents is 1. The Bertz CT molecular complexity index is 705. The second kappa shape index (κ2) is 10.1. The maximum atomic E-state index is 10.8. The molecule has 0 aromatic heterocycles. The molecule has 140 valence electrons. The Kier molecular flexibility index (Phi) is 7.78. The van der Waals surface area contributed by atoms with Crippen molar-refractivity contribution in [1.82, 2.24) is 0 Å². The lowest BCUT2D eigenvalue weighted by Gasteiger charge is -2.28. The first-order valence-electron chi connectivity index (χ1n) is 8.29. The van der Waals surface area contributed by atoms with E-state index < -0.39 is 13.3 Å². The van der Waals surface area contributed by atoms with E-state index in [4.69, 9.17) is 13.8 Å². The number of rotatable bonds is 10. The van der Waals surface area contributed by atoms with Gasteiger partial charge in [0.2, 0.25) is 0 Å². The molecule has 0 radical (unpaired) electrons. The highest BCUT2D eigenvalue weighted by Crippen LogP contribution is 2.54. The normalized spacial score (nSPS) is 12.0. The highest BCUT2D eigenvalue weighted by Gasteiger charge is 2.28. The zero-order chi connectivity index (χ0) is 18.9. The van der Waals surface area contributed by atoms with E-state index in [1.165, 1.54) is 12.1 Å². The van der Waals surface area contributed by atoms with Gasteiger partial charge in [-0.05, 0) is 32.0 Å². The molecular weight excluding hydrogens is 355 g/mol. The van der Waals surface area contributed by atoms with Crippen molar-refractivity contribution in [2.45, 2.75) is 19.6 Å². The molecule has 0 aliphatic carbocycles. The van der Waals surface area contributed by atoms with Crippen LogP contribution in [0.2, 0.25) is 0 Å². The highest BCUT2D eigenvalue weighted by atomic mass is 31.2. The van der Waals surface area contributed by atoms with Crippen molar-refractivity contribution in [2.75, 3.05) is 25.6 Å². The molecule has 1 N–H and O–H groups in total. The molecule has 0 aliphatic rings. The van der Waals surface area contributed by atoms with E-state index in [1.807, 2.05) is 38.1 Å². The molecule has 0 spiro atoms. The Hall–Kier alpha value is -2.21. The number of methoxy groups -OCH3 is 1. The molecule has 0 saturated heterocycles. The summed E-state index contributed by atoms with van der Waals surface area (Å²) in [7, 11) is 0.325. The molecule has 2 aromatic rings. The Morgan fingerprint density at radius 3 is 2.23 bits per heavy atom. The standard InChI is InChI=1S/C18H23N2O5P/c1-4-24-26(25-5-2)18(16-8-6-7-9-17(16)23-3)19-14-10-12-15(13-11-14)20(21)22/h6-13,18-19H,4-5H2,1-3H3. The first-order chi connectivity index (χ1) is 12.6. The van der Waals surface area contributed by atoms with E-state index in [2.05, 4.69) is 5.32 Å². The van der Waals surface area contributed by atoms with E-state index in [1.54, 1.807) is 19.2 Å². The van der Waals surface area contributed by atoms with Crippen LogP contribution in [0.3, 0.4) is 0 Å². The lowest BCUT2D eigenvalue weighted by molar-refractivity contribution is -0.384. The predicted molar refractivity (Wildman–Crippen MR) is 103 cm³/mol. The Morgan fingerprint density at radius 1 is 1.08 bits per heavy atom. The number of para-hydroxylation sites is 1. The van der Waals surface area contributed by atoms with E-state index in [-0.39, 0.29) is 11.5 Å². The van der Waals surface area contributed by atoms with E-state index in [9.17, 15) is 10.1 Å². The summed E-state index contributed by atoms with van der Waals surface area (Å²) < 4.78 is 17.2. The lowest BCUT2D eigenvalue weighted by atomic mass is 10.2. The molecule has 2 rings (SSSR count). The summed E-state index contributed by atoms with van der Waals surface area (Å²) in [5, 5.41) is 14.2. The van der Waals surface area contributed by atoms with Crippen molar-refractivity contribution < 1.29 is 18.7 Å². The summed E-state index contributed by atoms with van der Waals surface area (Å²) in [6, 6.07) is 13.9. The van der Waals surface area contributed by atoms with Crippen LogP contribution in [0.25, 0.3) is 0 Å². The second-order valence-corrected chi connectivity index (χ2v) is 6.82. The Labute approximate surface area is 154 Å². The molecule has 0 saturated carbocycles. The third kappa shape index (κ3) is 5.14. The largest absolute Gasteiger partial charge is 0.496 e. The molecule has 1 atom stereocenters. The number of hydrogen-bond acceptors (Lipinski definition) is 6. The van der Waals surface area contributed by atoms with Crippen molar-refractivity contribution >= 4 is 19.8 Å². The minimum atomic E-state index is -1.29. The number of anilines is 1. The van der Waals surface area contributed by atoms with Crippen molar-refractivity contribution in [3.63, 3.8) is 0 Å². The predicted octanol–water partition coefficient (Wildman–Crippen LogP) is 5.10. The number of ether oxygens (including phenoxy) is 1. The molecular formula is C18H23N2O5P. The number of hydrogen-bond donors (Lipinski definition) is 1. The summed E-state index contributed by atoms with van der Waals surface area (Å²) in [6.45, 7) is 4.86. The van der Waals surface area contributed by atoms with Gasteiger partial charge in [0.25, 0.3) is 5.69 Å². The molecule has 1 unspecified atom stereocenters. The fourth-order valence-electron chi connectivity index (χ4n) is 2.41. The van der Waals surface area contributed by atoms with Gasteiger partial charge in [0.05, 0.1) is 25.2 Å². The monoisotopic (exact) mass is 378 g/mol. The smallest absolute Gasteiger partial charge is 0.269 e. The van der Waals surface area contributed by atoms with Crippen molar-refractivity contribution in [2.24, 2.45) is 0 Å². The van der Waals surface area contributed by atoms with Gasteiger partial charge in [-0.1, -0.05) is 18.2 Å². The van der Waals surface area contributed by atoms with Crippen LogP contribution in [0.1, 0.15) is 25.2 Å². The number of nitro groups is 1. The molecule has 8 heteroatoms.